The predicted molar refractivity (Wildman–Crippen MR) is 80.8 cm³/mol. The van der Waals surface area contributed by atoms with Crippen molar-refractivity contribution < 1.29 is 4.79 Å². The summed E-state index contributed by atoms with van der Waals surface area (Å²) in [5, 5.41) is 4.34. The number of carbonyl (C=O) groups excluding carboxylic acids is 1. The van der Waals surface area contributed by atoms with E-state index in [-0.39, 0.29) is 5.91 Å². The molecule has 1 aliphatic rings. The fourth-order valence-corrected chi connectivity index (χ4v) is 3.19. The molecule has 0 bridgehead atoms. The van der Waals surface area contributed by atoms with Crippen molar-refractivity contribution in [2.45, 2.75) is 13.0 Å². The van der Waals surface area contributed by atoms with E-state index in [0.717, 1.165) is 29.6 Å². The number of fused-ring (bicyclic) bond motifs is 1. The van der Waals surface area contributed by atoms with E-state index in [9.17, 15) is 4.79 Å². The maximum atomic E-state index is 12.8. The Morgan fingerprint density at radius 3 is 2.75 bits per heavy atom. The van der Waals surface area contributed by atoms with Crippen LogP contribution in [0, 0.1) is 5.92 Å². The van der Waals surface area contributed by atoms with Crippen LogP contribution in [-0.2, 0) is 7.05 Å². The van der Waals surface area contributed by atoms with E-state index in [1.807, 2.05) is 48.0 Å². The first-order chi connectivity index (χ1) is 9.61. The van der Waals surface area contributed by atoms with E-state index in [4.69, 9.17) is 0 Å². The van der Waals surface area contributed by atoms with Gasteiger partial charge in [-0.25, -0.2) is 0 Å². The Kier molecular flexibility index (Phi) is 3.26. The molecule has 1 fully saturated rings. The average Bonchev–Trinajstić information content (AvgIpc) is 3.00. The molecule has 2 atom stereocenters. The van der Waals surface area contributed by atoms with Gasteiger partial charge in [0, 0.05) is 43.3 Å². The highest BCUT2D eigenvalue weighted by Crippen LogP contribution is 2.24. The van der Waals surface area contributed by atoms with E-state index in [1.54, 1.807) is 0 Å². The molecule has 1 aliphatic heterocycles. The Hall–Kier alpha value is -1.81. The number of benzene rings is 1. The minimum Gasteiger partial charge on any atom is -0.350 e. The number of nitrogens with zero attached hydrogens (tertiary/aromatic N) is 2. The molecular formula is C16H21N3O. The van der Waals surface area contributed by atoms with E-state index >= 15 is 0 Å². The van der Waals surface area contributed by atoms with Crippen molar-refractivity contribution in [1.82, 2.24) is 14.8 Å². The third-order valence-electron chi connectivity index (χ3n) is 4.40. The lowest BCUT2D eigenvalue weighted by molar-refractivity contribution is 0.0788. The van der Waals surface area contributed by atoms with Crippen LogP contribution < -0.4 is 5.32 Å². The molecule has 4 heteroatoms. The molecule has 0 saturated carbocycles. The predicted octanol–water partition coefficient (Wildman–Crippen LogP) is 1.86. The van der Waals surface area contributed by atoms with Gasteiger partial charge >= 0.3 is 0 Å². The normalized spacial score (nSPS) is 22.6. The van der Waals surface area contributed by atoms with Gasteiger partial charge in [0.15, 0.2) is 0 Å². The number of likely N-dealkylation sites (tertiary alicyclic amines) is 1. The molecule has 0 radical (unpaired) electrons. The van der Waals surface area contributed by atoms with Gasteiger partial charge in [-0.2, -0.15) is 0 Å². The van der Waals surface area contributed by atoms with Crippen molar-refractivity contribution in [2.24, 2.45) is 13.0 Å². The minimum absolute atomic E-state index is 0.145. The standard InChI is InChI=1S/C16H21N3O/c1-11-8-19(10-14(11)17-2)16(20)13-9-18(3)15-7-5-4-6-12(13)15/h4-7,9,11,14,17H,8,10H2,1-3H3/t11-,14+/m1/s1. The van der Waals surface area contributed by atoms with Gasteiger partial charge in [0.1, 0.15) is 0 Å². The van der Waals surface area contributed by atoms with Gasteiger partial charge < -0.3 is 14.8 Å². The molecule has 2 heterocycles. The first kappa shape index (κ1) is 13.2. The van der Waals surface area contributed by atoms with Gasteiger partial charge in [-0.05, 0) is 19.0 Å². The van der Waals surface area contributed by atoms with Crippen LogP contribution in [0.5, 0.6) is 0 Å². The number of nitrogens with one attached hydrogen (secondary N) is 1. The Morgan fingerprint density at radius 1 is 1.30 bits per heavy atom. The highest BCUT2D eigenvalue weighted by Gasteiger charge is 2.32. The molecule has 3 rings (SSSR count). The van der Waals surface area contributed by atoms with E-state index in [1.165, 1.54) is 0 Å². The molecule has 0 unspecified atom stereocenters. The van der Waals surface area contributed by atoms with E-state index in [2.05, 4.69) is 18.3 Å². The number of carbonyl (C=O) groups is 1. The number of aryl methyl sites for hydroxylation is 1. The topological polar surface area (TPSA) is 37.3 Å². The van der Waals surface area contributed by atoms with E-state index < -0.39 is 0 Å². The number of likely N-dealkylation sites (N-methyl/N-ethyl adjacent to an activating group) is 1. The molecule has 1 N–H and O–H groups in total. The molecule has 1 amide bonds. The number of rotatable bonds is 2. The molecule has 1 aromatic heterocycles. The third kappa shape index (κ3) is 2.00. The molecule has 2 aromatic rings. The summed E-state index contributed by atoms with van der Waals surface area (Å²) in [5.41, 5.74) is 1.92. The summed E-state index contributed by atoms with van der Waals surface area (Å²) in [7, 11) is 3.95. The van der Waals surface area contributed by atoms with Crippen LogP contribution in [-0.4, -0.2) is 41.6 Å². The largest absolute Gasteiger partial charge is 0.350 e. The first-order valence-corrected chi connectivity index (χ1v) is 7.12. The number of amides is 1. The Morgan fingerprint density at radius 2 is 2.05 bits per heavy atom. The zero-order chi connectivity index (χ0) is 14.3. The van der Waals surface area contributed by atoms with Crippen LogP contribution in [0.25, 0.3) is 10.9 Å². The fraction of sp³-hybridized carbons (Fsp3) is 0.438. The summed E-state index contributed by atoms with van der Waals surface area (Å²) in [6.45, 7) is 3.81. The van der Waals surface area contributed by atoms with Crippen molar-refractivity contribution in [3.8, 4) is 0 Å². The van der Waals surface area contributed by atoms with Crippen molar-refractivity contribution >= 4 is 16.8 Å². The minimum atomic E-state index is 0.145. The maximum Gasteiger partial charge on any atom is 0.256 e. The Labute approximate surface area is 119 Å². The third-order valence-corrected chi connectivity index (χ3v) is 4.40. The number of hydrogen-bond acceptors (Lipinski definition) is 2. The molecule has 4 nitrogen and oxygen atoms in total. The second-order valence-electron chi connectivity index (χ2n) is 5.75. The number of para-hydroxylation sites is 1. The van der Waals surface area contributed by atoms with Crippen LogP contribution in [0.15, 0.2) is 30.5 Å². The molecular weight excluding hydrogens is 250 g/mol. The molecule has 1 saturated heterocycles. The summed E-state index contributed by atoms with van der Waals surface area (Å²) < 4.78 is 2.03. The van der Waals surface area contributed by atoms with Crippen molar-refractivity contribution in [3.63, 3.8) is 0 Å². The van der Waals surface area contributed by atoms with Crippen LogP contribution in [0.4, 0.5) is 0 Å². The summed E-state index contributed by atoms with van der Waals surface area (Å²) in [4.78, 5) is 14.7. The van der Waals surface area contributed by atoms with Gasteiger partial charge in [0.2, 0.25) is 0 Å². The summed E-state index contributed by atoms with van der Waals surface area (Å²) in [5.74, 6) is 0.644. The summed E-state index contributed by atoms with van der Waals surface area (Å²) in [6, 6.07) is 8.47. The van der Waals surface area contributed by atoms with Crippen molar-refractivity contribution in [3.05, 3.63) is 36.0 Å². The lowest BCUT2D eigenvalue weighted by Gasteiger charge is -2.15. The maximum absolute atomic E-state index is 12.8. The smallest absolute Gasteiger partial charge is 0.256 e. The number of aromatic nitrogens is 1. The van der Waals surface area contributed by atoms with Gasteiger partial charge in [-0.1, -0.05) is 25.1 Å². The monoisotopic (exact) mass is 271 g/mol. The Balaban J connectivity index is 1.94. The second kappa shape index (κ2) is 4.94. The van der Waals surface area contributed by atoms with Crippen molar-refractivity contribution in [2.75, 3.05) is 20.1 Å². The highest BCUT2D eigenvalue weighted by atomic mass is 16.2. The molecule has 0 spiro atoms. The molecule has 0 aliphatic carbocycles. The van der Waals surface area contributed by atoms with Crippen LogP contribution in [0.3, 0.4) is 0 Å². The lowest BCUT2D eigenvalue weighted by Crippen LogP contribution is -2.34. The lowest BCUT2D eigenvalue weighted by atomic mass is 10.1. The quantitative estimate of drug-likeness (QED) is 0.905. The van der Waals surface area contributed by atoms with Crippen LogP contribution in [0.1, 0.15) is 17.3 Å². The molecule has 106 valence electrons. The fourth-order valence-electron chi connectivity index (χ4n) is 3.19. The molecule has 1 aromatic carbocycles. The summed E-state index contributed by atoms with van der Waals surface area (Å²) >= 11 is 0. The van der Waals surface area contributed by atoms with Crippen LogP contribution >= 0.6 is 0 Å². The van der Waals surface area contributed by atoms with Gasteiger partial charge in [-0.15, -0.1) is 0 Å². The zero-order valence-electron chi connectivity index (χ0n) is 12.3. The van der Waals surface area contributed by atoms with Crippen molar-refractivity contribution in [1.29, 1.82) is 0 Å². The highest BCUT2D eigenvalue weighted by molar-refractivity contribution is 6.07. The Bertz CT molecular complexity index is 646. The first-order valence-electron chi connectivity index (χ1n) is 7.12. The number of hydrogen-bond donors (Lipinski definition) is 1. The molecule has 20 heavy (non-hydrogen) atoms. The second-order valence-corrected chi connectivity index (χ2v) is 5.75. The van der Waals surface area contributed by atoms with Gasteiger partial charge in [0.05, 0.1) is 5.56 Å². The van der Waals surface area contributed by atoms with E-state index in [0.29, 0.717) is 12.0 Å². The summed E-state index contributed by atoms with van der Waals surface area (Å²) in [6.07, 6.45) is 1.95. The van der Waals surface area contributed by atoms with Crippen LogP contribution in [0.2, 0.25) is 0 Å². The average molecular weight is 271 g/mol. The SMILES string of the molecule is CN[C@H]1CN(C(=O)c2cn(C)c3ccccc23)C[C@H]1C. The van der Waals surface area contributed by atoms with Gasteiger partial charge in [-0.3, -0.25) is 4.79 Å². The van der Waals surface area contributed by atoms with Gasteiger partial charge in [0.25, 0.3) is 5.91 Å². The zero-order valence-corrected chi connectivity index (χ0v) is 12.3.